The lowest BCUT2D eigenvalue weighted by molar-refractivity contribution is 0.669. The standard InChI is InChI=1S/C63H38N6O.C63H38N6S/c2*1-3-15-39(16-4-1)61-64-62(40-17-5-2-6-18-40)66-63(65-61)41-27-33-59-51(35-41)52-38-44(30-34-60(52)70-59)69-57-31-28-42(67-53-23-11-7-19-45(53)46-20-8-12-24-54(46)67)36-49(57)50-37-43(29-32-58(50)69)68-55-25-13-9-21-47(55)48-22-10-14-26-56(48)68/h2*1-38H. The topological polar surface area (TPSA) is 120 Å². The molecule has 13 nitrogen and oxygen atoms in total. The number of rotatable bonds is 12. The maximum atomic E-state index is 6.56. The molecule has 30 rings (SSSR count). The smallest absolute Gasteiger partial charge is 0.164 e. The summed E-state index contributed by atoms with van der Waals surface area (Å²) in [7, 11) is 0. The number of hydrogen-bond donors (Lipinski definition) is 0. The molecule has 0 spiro atoms. The molecule has 0 radical (unpaired) electrons. The highest BCUT2D eigenvalue weighted by molar-refractivity contribution is 7.25. The molecule has 10 heterocycles. The molecule has 0 saturated carbocycles. The third-order valence-electron chi connectivity index (χ3n) is 28.2. The summed E-state index contributed by atoms with van der Waals surface area (Å²) in [5.41, 5.74) is 27.8. The van der Waals surface area contributed by atoms with E-state index < -0.39 is 0 Å². The molecular formula is C126H76N12OS. The van der Waals surface area contributed by atoms with Gasteiger partial charge in [0.15, 0.2) is 34.9 Å². The predicted octanol–water partition coefficient (Wildman–Crippen LogP) is 32.6. The van der Waals surface area contributed by atoms with Crippen LogP contribution in [0.2, 0.25) is 0 Å². The quantitative estimate of drug-likeness (QED) is 0.119. The lowest BCUT2D eigenvalue weighted by atomic mass is 10.1. The molecule has 140 heavy (non-hydrogen) atoms. The zero-order valence-electron chi connectivity index (χ0n) is 75.1. The molecule has 20 aromatic carbocycles. The summed E-state index contributed by atoms with van der Waals surface area (Å²) in [5, 5.41) is 19.0. The summed E-state index contributed by atoms with van der Waals surface area (Å²) in [4.78, 5) is 30.2. The Morgan fingerprint density at radius 1 is 0.143 bits per heavy atom. The van der Waals surface area contributed by atoms with Crippen molar-refractivity contribution in [2.75, 3.05) is 0 Å². The molecule has 0 unspecified atom stereocenters. The second kappa shape index (κ2) is 31.4. The van der Waals surface area contributed by atoms with Crippen LogP contribution in [0.4, 0.5) is 0 Å². The summed E-state index contributed by atoms with van der Waals surface area (Å²) < 4.78 is 23.5. The maximum absolute atomic E-state index is 6.56. The van der Waals surface area contributed by atoms with Crippen molar-refractivity contribution in [3.05, 3.63) is 461 Å². The fourth-order valence-electron chi connectivity index (χ4n) is 21.9. The van der Waals surface area contributed by atoms with Crippen LogP contribution in [0.3, 0.4) is 0 Å². The first-order chi connectivity index (χ1) is 69.4. The average Bonchev–Trinajstić information content (AvgIpc) is 1.56. The molecule has 0 saturated heterocycles. The summed E-state index contributed by atoms with van der Waals surface area (Å²) in [6.07, 6.45) is 0. The third-order valence-corrected chi connectivity index (χ3v) is 29.3. The normalized spacial score (nSPS) is 12.0. The van der Waals surface area contributed by atoms with E-state index in [1.807, 2.05) is 121 Å². The van der Waals surface area contributed by atoms with Gasteiger partial charge in [-0.3, -0.25) is 0 Å². The highest BCUT2D eigenvalue weighted by Gasteiger charge is 2.26. The number of fused-ring (bicyclic) bond motifs is 24. The molecule has 0 aliphatic rings. The number of aromatic nitrogens is 12. The van der Waals surface area contributed by atoms with Crippen molar-refractivity contribution in [1.82, 2.24) is 57.3 Å². The van der Waals surface area contributed by atoms with Crippen molar-refractivity contribution in [2.45, 2.75) is 0 Å². The number of para-hydroxylation sites is 8. The first kappa shape index (κ1) is 78.7. The van der Waals surface area contributed by atoms with Gasteiger partial charge in [-0.1, -0.05) is 267 Å². The van der Waals surface area contributed by atoms with Crippen LogP contribution in [0, 0.1) is 0 Å². The number of hydrogen-bond acceptors (Lipinski definition) is 8. The Kier molecular flexibility index (Phi) is 17.7. The van der Waals surface area contributed by atoms with Crippen LogP contribution in [-0.2, 0) is 0 Å². The van der Waals surface area contributed by atoms with E-state index in [4.69, 9.17) is 34.3 Å². The molecule has 10 aromatic heterocycles. The van der Waals surface area contributed by atoms with E-state index in [9.17, 15) is 0 Å². The van der Waals surface area contributed by atoms with E-state index in [2.05, 4.69) is 379 Å². The van der Waals surface area contributed by atoms with Crippen molar-refractivity contribution < 1.29 is 4.42 Å². The van der Waals surface area contributed by atoms with E-state index in [1.165, 1.54) is 118 Å². The van der Waals surface area contributed by atoms with Gasteiger partial charge in [0.05, 0.1) is 66.2 Å². The minimum absolute atomic E-state index is 0.598. The van der Waals surface area contributed by atoms with Crippen molar-refractivity contribution in [2.24, 2.45) is 0 Å². The Bertz CT molecular complexity index is 9110. The molecule has 0 aliphatic carbocycles. The lowest BCUT2D eigenvalue weighted by Crippen LogP contribution is -2.00. The third kappa shape index (κ3) is 12.5. The molecule has 0 bridgehead atoms. The van der Waals surface area contributed by atoms with Crippen molar-refractivity contribution in [1.29, 1.82) is 0 Å². The monoisotopic (exact) mass is 1800 g/mol. The van der Waals surface area contributed by atoms with Crippen molar-refractivity contribution >= 4 is 184 Å². The molecule has 0 N–H and O–H groups in total. The first-order valence-electron chi connectivity index (χ1n) is 47.2. The second-order valence-electron chi connectivity index (χ2n) is 36.0. The number of benzene rings is 20. The van der Waals surface area contributed by atoms with Crippen LogP contribution in [-0.4, -0.2) is 57.3 Å². The second-order valence-corrected chi connectivity index (χ2v) is 37.1. The van der Waals surface area contributed by atoms with E-state index in [1.54, 1.807) is 0 Å². The lowest BCUT2D eigenvalue weighted by Gasteiger charge is -2.11. The van der Waals surface area contributed by atoms with Crippen LogP contribution in [0.5, 0.6) is 0 Å². The minimum Gasteiger partial charge on any atom is -0.456 e. The SMILES string of the molecule is c1ccc(-c2nc(-c3ccccc3)nc(-c3ccc4oc5ccc(-n6c7ccc(-n8c9ccccc9c9ccccc98)cc7c7cc(-n8c9ccccc9c9ccccc98)ccc76)cc5c4c3)n2)cc1.c1ccc(-c2nc(-c3ccccc3)nc(-c3ccc4sc5ccc(-n6c7ccc(-n8c9ccccc9c9ccccc98)cc7c7cc(-n8c9ccccc9c9ccccc98)ccc76)cc5c4c3)n2)cc1. The number of furan rings is 1. The molecule has 30 aromatic rings. The van der Waals surface area contributed by atoms with Gasteiger partial charge in [0.25, 0.3) is 0 Å². The van der Waals surface area contributed by atoms with Gasteiger partial charge in [-0.25, -0.2) is 29.9 Å². The van der Waals surface area contributed by atoms with Crippen LogP contribution >= 0.6 is 11.3 Å². The molecule has 0 aliphatic heterocycles. The first-order valence-corrected chi connectivity index (χ1v) is 48.0. The van der Waals surface area contributed by atoms with Gasteiger partial charge in [0.1, 0.15) is 11.2 Å². The predicted molar refractivity (Wildman–Crippen MR) is 578 cm³/mol. The van der Waals surface area contributed by atoms with E-state index >= 15 is 0 Å². The Hall–Kier alpha value is -18.8. The Labute approximate surface area is 803 Å². The van der Waals surface area contributed by atoms with Gasteiger partial charge in [-0.05, 0) is 194 Å². The zero-order chi connectivity index (χ0) is 91.7. The maximum Gasteiger partial charge on any atom is 0.164 e. The number of nitrogens with zero attached hydrogens (tertiary/aromatic N) is 12. The van der Waals surface area contributed by atoms with Crippen LogP contribution < -0.4 is 0 Å². The van der Waals surface area contributed by atoms with E-state index in [0.717, 1.165) is 122 Å². The van der Waals surface area contributed by atoms with Crippen LogP contribution in [0.1, 0.15) is 0 Å². The Morgan fingerprint density at radius 2 is 0.336 bits per heavy atom. The Balaban J connectivity index is 0.000000134. The Morgan fingerprint density at radius 3 is 0.629 bits per heavy atom. The van der Waals surface area contributed by atoms with E-state index in [-0.39, 0.29) is 0 Å². The molecular weight excluding hydrogens is 1730 g/mol. The van der Waals surface area contributed by atoms with Crippen molar-refractivity contribution in [3.8, 4) is 102 Å². The van der Waals surface area contributed by atoms with Gasteiger partial charge in [0, 0.05) is 163 Å². The fraction of sp³-hybridized carbons (Fsp3) is 0. The largest absolute Gasteiger partial charge is 0.456 e. The summed E-state index contributed by atoms with van der Waals surface area (Å²) in [5.74, 6) is 3.79. The van der Waals surface area contributed by atoms with Gasteiger partial charge in [0.2, 0.25) is 0 Å². The zero-order valence-corrected chi connectivity index (χ0v) is 75.9. The van der Waals surface area contributed by atoms with Gasteiger partial charge < -0.3 is 31.8 Å². The summed E-state index contributed by atoms with van der Waals surface area (Å²) in [6.45, 7) is 0. The van der Waals surface area contributed by atoms with Crippen molar-refractivity contribution in [3.63, 3.8) is 0 Å². The molecule has 0 atom stereocenters. The van der Waals surface area contributed by atoms with Gasteiger partial charge >= 0.3 is 0 Å². The summed E-state index contributed by atoms with van der Waals surface area (Å²) >= 11 is 1.82. The summed E-state index contributed by atoms with van der Waals surface area (Å²) in [6, 6.07) is 165. The van der Waals surface area contributed by atoms with E-state index in [0.29, 0.717) is 34.9 Å². The molecule has 0 fully saturated rings. The molecule has 14 heteroatoms. The molecule has 0 amide bonds. The number of thiophene rings is 1. The average molecular weight is 1810 g/mol. The fourth-order valence-corrected chi connectivity index (χ4v) is 22.9. The van der Waals surface area contributed by atoms with Gasteiger partial charge in [-0.2, -0.15) is 0 Å². The molecule has 652 valence electrons. The van der Waals surface area contributed by atoms with Crippen LogP contribution in [0.25, 0.3) is 275 Å². The van der Waals surface area contributed by atoms with Gasteiger partial charge in [-0.15, -0.1) is 11.3 Å². The minimum atomic E-state index is 0.598. The highest BCUT2D eigenvalue weighted by Crippen LogP contribution is 2.47. The van der Waals surface area contributed by atoms with Crippen LogP contribution in [0.15, 0.2) is 465 Å². The highest BCUT2D eigenvalue weighted by atomic mass is 32.1.